The lowest BCUT2D eigenvalue weighted by atomic mass is 10.0. The fourth-order valence-electron chi connectivity index (χ4n) is 1.95. The molecule has 0 fully saturated rings. The summed E-state index contributed by atoms with van der Waals surface area (Å²) in [5.74, 6) is 0.464. The molecule has 0 saturated carbocycles. The van der Waals surface area contributed by atoms with Crippen LogP contribution in [0.2, 0.25) is 0 Å². The fourth-order valence-corrected chi connectivity index (χ4v) is 1.95. The Bertz CT molecular complexity index is 712. The first kappa shape index (κ1) is 11.2. The molecule has 1 aromatic heterocycles. The van der Waals surface area contributed by atoms with Gasteiger partial charge in [0, 0.05) is 5.56 Å². The van der Waals surface area contributed by atoms with Crippen LogP contribution in [0.1, 0.15) is 5.56 Å². The SMILES string of the molecule is N#Cc1c(-c2ccc3c(c2)NC(=O)CO3)coc1N. The number of nitrogens with one attached hydrogen (secondary N) is 1. The van der Waals surface area contributed by atoms with E-state index in [4.69, 9.17) is 20.1 Å². The molecule has 6 nitrogen and oxygen atoms in total. The molecule has 0 radical (unpaired) electrons. The van der Waals surface area contributed by atoms with Gasteiger partial charge in [0.1, 0.15) is 23.6 Å². The van der Waals surface area contributed by atoms with Gasteiger partial charge in [0.05, 0.1) is 5.69 Å². The van der Waals surface area contributed by atoms with E-state index in [0.29, 0.717) is 17.0 Å². The highest BCUT2D eigenvalue weighted by molar-refractivity contribution is 5.96. The molecule has 0 spiro atoms. The Kier molecular flexibility index (Phi) is 2.39. The summed E-state index contributed by atoms with van der Waals surface area (Å²) in [5.41, 5.74) is 7.72. The summed E-state index contributed by atoms with van der Waals surface area (Å²) in [6.45, 7) is 0.00838. The number of nitrogens with two attached hydrogens (primary N) is 1. The first-order chi connectivity index (χ1) is 9.19. The maximum Gasteiger partial charge on any atom is 0.262 e. The number of carbonyl (C=O) groups is 1. The topological polar surface area (TPSA) is 101 Å². The van der Waals surface area contributed by atoms with Gasteiger partial charge >= 0.3 is 0 Å². The summed E-state index contributed by atoms with van der Waals surface area (Å²) in [7, 11) is 0. The van der Waals surface area contributed by atoms with Gasteiger partial charge in [0.2, 0.25) is 5.88 Å². The van der Waals surface area contributed by atoms with Crippen molar-refractivity contribution in [2.24, 2.45) is 0 Å². The fraction of sp³-hybridized carbons (Fsp3) is 0.0769. The van der Waals surface area contributed by atoms with Crippen LogP contribution in [0.15, 0.2) is 28.9 Å². The molecule has 2 heterocycles. The van der Waals surface area contributed by atoms with Gasteiger partial charge in [0.15, 0.2) is 6.61 Å². The second kappa shape index (κ2) is 4.07. The van der Waals surface area contributed by atoms with Gasteiger partial charge in [-0.3, -0.25) is 4.79 Å². The number of rotatable bonds is 1. The third kappa shape index (κ3) is 1.77. The molecule has 0 bridgehead atoms. The summed E-state index contributed by atoms with van der Waals surface area (Å²) in [6.07, 6.45) is 1.42. The average molecular weight is 255 g/mol. The second-order valence-electron chi connectivity index (χ2n) is 4.05. The van der Waals surface area contributed by atoms with Gasteiger partial charge in [-0.2, -0.15) is 5.26 Å². The van der Waals surface area contributed by atoms with E-state index in [1.807, 2.05) is 6.07 Å². The highest BCUT2D eigenvalue weighted by Gasteiger charge is 2.18. The van der Waals surface area contributed by atoms with E-state index in [-0.39, 0.29) is 24.0 Å². The number of ether oxygens (including phenoxy) is 1. The quantitative estimate of drug-likeness (QED) is 0.808. The van der Waals surface area contributed by atoms with Crippen molar-refractivity contribution in [2.75, 3.05) is 17.7 Å². The van der Waals surface area contributed by atoms with Crippen molar-refractivity contribution in [1.82, 2.24) is 0 Å². The number of nitrogen functional groups attached to an aromatic ring is 1. The van der Waals surface area contributed by atoms with Crippen LogP contribution in [0, 0.1) is 11.3 Å². The molecule has 3 rings (SSSR count). The van der Waals surface area contributed by atoms with Gasteiger partial charge in [-0.1, -0.05) is 6.07 Å². The van der Waals surface area contributed by atoms with E-state index in [2.05, 4.69) is 5.32 Å². The Hall–Kier alpha value is -2.94. The van der Waals surface area contributed by atoms with Crippen LogP contribution in [0.25, 0.3) is 11.1 Å². The standard InChI is InChI=1S/C13H9N3O3/c14-4-8-9(5-19-13(8)15)7-1-2-11-10(3-7)16-12(17)6-18-11/h1-3,5H,6,15H2,(H,16,17). The monoisotopic (exact) mass is 255 g/mol. The summed E-state index contributed by atoms with van der Waals surface area (Å²) in [4.78, 5) is 11.3. The highest BCUT2D eigenvalue weighted by Crippen LogP contribution is 2.35. The largest absolute Gasteiger partial charge is 0.482 e. The predicted molar refractivity (Wildman–Crippen MR) is 67.4 cm³/mol. The highest BCUT2D eigenvalue weighted by atomic mass is 16.5. The Morgan fingerprint density at radius 2 is 2.26 bits per heavy atom. The Labute approximate surface area is 108 Å². The van der Waals surface area contributed by atoms with Gasteiger partial charge in [0.25, 0.3) is 5.91 Å². The molecule has 1 aromatic carbocycles. The van der Waals surface area contributed by atoms with Gasteiger partial charge in [-0.25, -0.2) is 0 Å². The average Bonchev–Trinajstić information content (AvgIpc) is 2.79. The summed E-state index contributed by atoms with van der Waals surface area (Å²) < 4.78 is 10.3. The smallest absolute Gasteiger partial charge is 0.262 e. The van der Waals surface area contributed by atoms with Crippen molar-refractivity contribution < 1.29 is 13.9 Å². The predicted octanol–water partition coefficient (Wildman–Crippen LogP) is 1.73. The maximum atomic E-state index is 11.3. The molecule has 0 aliphatic carbocycles. The Balaban J connectivity index is 2.09. The number of nitriles is 1. The van der Waals surface area contributed by atoms with Crippen molar-refractivity contribution in [2.45, 2.75) is 0 Å². The van der Waals surface area contributed by atoms with E-state index in [1.165, 1.54) is 6.26 Å². The molecule has 0 unspecified atom stereocenters. The molecule has 0 atom stereocenters. The number of anilines is 2. The third-order valence-corrected chi connectivity index (χ3v) is 2.85. The normalized spacial score (nSPS) is 13.1. The van der Waals surface area contributed by atoms with E-state index in [0.717, 1.165) is 5.56 Å². The lowest BCUT2D eigenvalue weighted by Gasteiger charge is -2.18. The van der Waals surface area contributed by atoms with Crippen molar-refractivity contribution >= 4 is 17.5 Å². The number of carbonyl (C=O) groups excluding carboxylic acids is 1. The van der Waals surface area contributed by atoms with Crippen LogP contribution in [0.3, 0.4) is 0 Å². The number of hydrogen-bond donors (Lipinski definition) is 2. The second-order valence-corrected chi connectivity index (χ2v) is 4.05. The van der Waals surface area contributed by atoms with E-state index < -0.39 is 0 Å². The first-order valence-corrected chi connectivity index (χ1v) is 5.53. The van der Waals surface area contributed by atoms with Crippen molar-refractivity contribution in [3.8, 4) is 22.9 Å². The zero-order chi connectivity index (χ0) is 13.4. The summed E-state index contributed by atoms with van der Waals surface area (Å²) >= 11 is 0. The Morgan fingerprint density at radius 3 is 3.05 bits per heavy atom. The maximum absolute atomic E-state index is 11.3. The van der Waals surface area contributed by atoms with Crippen LogP contribution in [0.4, 0.5) is 11.6 Å². The molecule has 1 aliphatic rings. The van der Waals surface area contributed by atoms with Crippen LogP contribution < -0.4 is 15.8 Å². The number of furan rings is 1. The molecular formula is C13H9N3O3. The molecule has 94 valence electrons. The van der Waals surface area contributed by atoms with E-state index >= 15 is 0 Å². The van der Waals surface area contributed by atoms with Crippen molar-refractivity contribution in [3.63, 3.8) is 0 Å². The lowest BCUT2D eigenvalue weighted by Crippen LogP contribution is -2.25. The molecule has 0 saturated heterocycles. The molecule has 1 amide bonds. The zero-order valence-corrected chi connectivity index (χ0v) is 9.77. The Morgan fingerprint density at radius 1 is 1.42 bits per heavy atom. The van der Waals surface area contributed by atoms with E-state index in [1.54, 1.807) is 18.2 Å². The lowest BCUT2D eigenvalue weighted by molar-refractivity contribution is -0.118. The van der Waals surface area contributed by atoms with Crippen LogP contribution in [-0.2, 0) is 4.79 Å². The van der Waals surface area contributed by atoms with Crippen LogP contribution in [0.5, 0.6) is 5.75 Å². The molecule has 6 heteroatoms. The van der Waals surface area contributed by atoms with Gasteiger partial charge in [-0.15, -0.1) is 0 Å². The van der Waals surface area contributed by atoms with Crippen molar-refractivity contribution in [1.29, 1.82) is 5.26 Å². The number of benzene rings is 1. The van der Waals surface area contributed by atoms with Gasteiger partial charge < -0.3 is 20.2 Å². The minimum absolute atomic E-state index is 0.00838. The summed E-state index contributed by atoms with van der Waals surface area (Å²) in [6, 6.07) is 7.22. The first-order valence-electron chi connectivity index (χ1n) is 5.53. The number of amides is 1. The molecule has 19 heavy (non-hydrogen) atoms. The molecular weight excluding hydrogens is 246 g/mol. The molecule has 2 aromatic rings. The van der Waals surface area contributed by atoms with Crippen molar-refractivity contribution in [3.05, 3.63) is 30.0 Å². The number of hydrogen-bond acceptors (Lipinski definition) is 5. The number of fused-ring (bicyclic) bond motifs is 1. The minimum Gasteiger partial charge on any atom is -0.482 e. The minimum atomic E-state index is -0.211. The van der Waals surface area contributed by atoms with E-state index in [9.17, 15) is 4.79 Å². The summed E-state index contributed by atoms with van der Waals surface area (Å²) in [5, 5.41) is 11.8. The number of nitrogens with zero attached hydrogens (tertiary/aromatic N) is 1. The molecule has 1 aliphatic heterocycles. The van der Waals surface area contributed by atoms with Gasteiger partial charge in [-0.05, 0) is 17.7 Å². The molecule has 3 N–H and O–H groups in total. The van der Waals surface area contributed by atoms with Crippen LogP contribution >= 0.6 is 0 Å². The zero-order valence-electron chi connectivity index (χ0n) is 9.77. The van der Waals surface area contributed by atoms with Crippen LogP contribution in [-0.4, -0.2) is 12.5 Å². The third-order valence-electron chi connectivity index (χ3n) is 2.85.